The van der Waals surface area contributed by atoms with Gasteiger partial charge in [0.05, 0.1) is 5.56 Å². The van der Waals surface area contributed by atoms with E-state index >= 15 is 0 Å². The molecule has 33 heavy (non-hydrogen) atoms. The van der Waals surface area contributed by atoms with Crippen LogP contribution in [0.2, 0.25) is 0 Å². The minimum absolute atomic E-state index is 0.0293. The second-order valence-corrected chi connectivity index (χ2v) is 9.41. The number of hydrogen-bond donors (Lipinski definition) is 4. The molecule has 1 aromatic heterocycles. The van der Waals surface area contributed by atoms with Gasteiger partial charge < -0.3 is 16.2 Å². The molecule has 0 aliphatic heterocycles. The number of carbonyl (C=O) groups is 3. The van der Waals surface area contributed by atoms with Crippen molar-refractivity contribution in [3.63, 3.8) is 0 Å². The van der Waals surface area contributed by atoms with Crippen molar-refractivity contribution in [1.82, 2.24) is 5.32 Å². The number of rotatable bonds is 10. The van der Waals surface area contributed by atoms with Crippen molar-refractivity contribution in [1.29, 1.82) is 0 Å². The lowest BCUT2D eigenvalue weighted by Gasteiger charge is -2.32. The Hall–Kier alpha value is -2.91. The first-order valence-corrected chi connectivity index (χ1v) is 12.1. The minimum Gasteiger partial charge on any atom is -0.461 e. The summed E-state index contributed by atoms with van der Waals surface area (Å²) in [4.78, 5) is 36.8. The third-order valence-electron chi connectivity index (χ3n) is 6.25. The van der Waals surface area contributed by atoms with E-state index in [1.165, 1.54) is 11.3 Å². The third kappa shape index (κ3) is 5.91. The zero-order valence-electron chi connectivity index (χ0n) is 19.1. The first-order valence-electron chi connectivity index (χ1n) is 11.3. The molecule has 178 valence electrons. The molecule has 9 heteroatoms. The maximum absolute atomic E-state index is 13.0. The van der Waals surface area contributed by atoms with Crippen LogP contribution in [0.15, 0.2) is 30.3 Å². The van der Waals surface area contributed by atoms with E-state index in [0.717, 1.165) is 41.7 Å². The molecule has 0 saturated heterocycles. The average molecular weight is 473 g/mol. The summed E-state index contributed by atoms with van der Waals surface area (Å²) in [6, 6.07) is 8.66. The standard InChI is InChI=1S/C24H32N4O4S/c1-3-24(4-2,22(30)32-17-10-5-6-11-17)27-14-15-8-7-9-16(12-15)19-13-18(20(25)29)21(33-19)28-23(26)31/h7-9,12-13,17,27H,3-6,10-11,14H2,1-2H3,(H2,25,29)(H3,26,28,31). The molecule has 8 nitrogen and oxygen atoms in total. The molecule has 0 bridgehead atoms. The van der Waals surface area contributed by atoms with Gasteiger partial charge in [0.25, 0.3) is 5.91 Å². The van der Waals surface area contributed by atoms with Gasteiger partial charge in [0.1, 0.15) is 16.6 Å². The van der Waals surface area contributed by atoms with E-state index in [1.807, 2.05) is 38.1 Å². The number of amides is 3. The van der Waals surface area contributed by atoms with Crippen LogP contribution < -0.4 is 22.1 Å². The number of nitrogens with two attached hydrogens (primary N) is 2. The molecule has 1 heterocycles. The monoisotopic (exact) mass is 472 g/mol. The highest BCUT2D eigenvalue weighted by Gasteiger charge is 2.37. The lowest BCUT2D eigenvalue weighted by Crippen LogP contribution is -2.52. The van der Waals surface area contributed by atoms with Gasteiger partial charge in [0.2, 0.25) is 0 Å². The van der Waals surface area contributed by atoms with Crippen LogP contribution in [0.3, 0.4) is 0 Å². The van der Waals surface area contributed by atoms with Gasteiger partial charge in [-0.25, -0.2) is 4.79 Å². The fourth-order valence-corrected chi connectivity index (χ4v) is 5.22. The smallest absolute Gasteiger partial charge is 0.326 e. The zero-order valence-corrected chi connectivity index (χ0v) is 19.9. The largest absolute Gasteiger partial charge is 0.461 e. The minimum atomic E-state index is -0.760. The number of anilines is 1. The maximum atomic E-state index is 13.0. The molecule has 0 unspecified atom stereocenters. The van der Waals surface area contributed by atoms with Crippen LogP contribution in [0.1, 0.15) is 68.3 Å². The highest BCUT2D eigenvalue weighted by Crippen LogP contribution is 2.35. The van der Waals surface area contributed by atoms with E-state index in [-0.39, 0.29) is 17.6 Å². The lowest BCUT2D eigenvalue weighted by atomic mass is 9.92. The molecule has 1 fully saturated rings. The Morgan fingerprint density at radius 2 is 1.82 bits per heavy atom. The first kappa shape index (κ1) is 24.7. The zero-order chi connectivity index (χ0) is 24.0. The number of carbonyl (C=O) groups excluding carboxylic acids is 3. The van der Waals surface area contributed by atoms with E-state index in [0.29, 0.717) is 24.4 Å². The van der Waals surface area contributed by atoms with Crippen LogP contribution in [-0.2, 0) is 16.1 Å². The van der Waals surface area contributed by atoms with Gasteiger partial charge in [-0.2, -0.15) is 0 Å². The number of hydrogen-bond acceptors (Lipinski definition) is 6. The van der Waals surface area contributed by atoms with Gasteiger partial charge in [-0.3, -0.25) is 20.2 Å². The molecule has 0 radical (unpaired) electrons. The van der Waals surface area contributed by atoms with E-state index in [4.69, 9.17) is 16.2 Å². The summed E-state index contributed by atoms with van der Waals surface area (Å²) in [7, 11) is 0. The Kier molecular flexibility index (Phi) is 8.10. The van der Waals surface area contributed by atoms with Gasteiger partial charge in [0, 0.05) is 11.4 Å². The summed E-state index contributed by atoms with van der Waals surface area (Å²) in [5.41, 5.74) is 12.0. The Morgan fingerprint density at radius 3 is 2.42 bits per heavy atom. The van der Waals surface area contributed by atoms with E-state index in [9.17, 15) is 14.4 Å². The molecule has 6 N–H and O–H groups in total. The topological polar surface area (TPSA) is 137 Å². The fourth-order valence-electron chi connectivity index (χ4n) is 4.16. The third-order valence-corrected chi connectivity index (χ3v) is 7.35. The number of esters is 1. The van der Waals surface area contributed by atoms with Crippen molar-refractivity contribution in [3.05, 3.63) is 41.5 Å². The van der Waals surface area contributed by atoms with Crippen molar-refractivity contribution in [2.45, 2.75) is 70.6 Å². The summed E-state index contributed by atoms with van der Waals surface area (Å²) in [6.45, 7) is 4.47. The summed E-state index contributed by atoms with van der Waals surface area (Å²) in [6.07, 6.45) is 5.39. The fraction of sp³-hybridized carbons (Fsp3) is 0.458. The van der Waals surface area contributed by atoms with Gasteiger partial charge in [-0.15, -0.1) is 11.3 Å². The van der Waals surface area contributed by atoms with Gasteiger partial charge >= 0.3 is 12.0 Å². The van der Waals surface area contributed by atoms with Gasteiger partial charge in [-0.05, 0) is 61.8 Å². The molecule has 0 atom stereocenters. The van der Waals surface area contributed by atoms with Crippen LogP contribution in [0.25, 0.3) is 10.4 Å². The Labute approximate surface area is 198 Å². The van der Waals surface area contributed by atoms with Gasteiger partial charge in [0.15, 0.2) is 0 Å². The normalized spacial score (nSPS) is 14.2. The molecule has 1 aromatic carbocycles. The molecule has 3 amide bonds. The number of nitrogens with one attached hydrogen (secondary N) is 2. The highest BCUT2D eigenvalue weighted by molar-refractivity contribution is 7.20. The van der Waals surface area contributed by atoms with Crippen molar-refractivity contribution < 1.29 is 19.1 Å². The molecule has 3 rings (SSSR count). The van der Waals surface area contributed by atoms with Gasteiger partial charge in [-0.1, -0.05) is 32.0 Å². The second kappa shape index (κ2) is 10.8. The van der Waals surface area contributed by atoms with Crippen molar-refractivity contribution in [3.8, 4) is 10.4 Å². The molecular formula is C24H32N4O4S. The summed E-state index contributed by atoms with van der Waals surface area (Å²) >= 11 is 1.23. The quantitative estimate of drug-likeness (QED) is 0.385. The van der Waals surface area contributed by atoms with Crippen LogP contribution in [-0.4, -0.2) is 29.6 Å². The maximum Gasteiger partial charge on any atom is 0.326 e. The molecular weight excluding hydrogens is 440 g/mol. The number of benzene rings is 1. The molecule has 1 saturated carbocycles. The number of thiophene rings is 1. The number of primary amides is 2. The Bertz CT molecular complexity index is 1010. The Balaban J connectivity index is 1.77. The van der Waals surface area contributed by atoms with Crippen molar-refractivity contribution in [2.24, 2.45) is 11.5 Å². The lowest BCUT2D eigenvalue weighted by molar-refractivity contribution is -0.157. The summed E-state index contributed by atoms with van der Waals surface area (Å²) in [5.74, 6) is -0.822. The molecule has 1 aliphatic carbocycles. The van der Waals surface area contributed by atoms with Crippen LogP contribution in [0.4, 0.5) is 9.80 Å². The molecule has 2 aromatic rings. The first-order chi connectivity index (χ1) is 15.8. The van der Waals surface area contributed by atoms with Crippen molar-refractivity contribution >= 4 is 34.2 Å². The van der Waals surface area contributed by atoms with Crippen LogP contribution in [0.5, 0.6) is 0 Å². The summed E-state index contributed by atoms with van der Waals surface area (Å²) < 4.78 is 5.82. The second-order valence-electron chi connectivity index (χ2n) is 8.36. The predicted octanol–water partition coefficient (Wildman–Crippen LogP) is 4.14. The van der Waals surface area contributed by atoms with E-state index in [2.05, 4.69) is 10.6 Å². The molecule has 1 aliphatic rings. The number of urea groups is 1. The highest BCUT2D eigenvalue weighted by atomic mass is 32.1. The van der Waals surface area contributed by atoms with Crippen molar-refractivity contribution in [2.75, 3.05) is 5.32 Å². The SMILES string of the molecule is CCC(CC)(NCc1cccc(-c2cc(C(N)=O)c(NC(N)=O)s2)c1)C(=O)OC1CCCC1. The van der Waals surface area contributed by atoms with Crippen LogP contribution in [0, 0.1) is 0 Å². The van der Waals surface area contributed by atoms with E-state index in [1.54, 1.807) is 6.07 Å². The van der Waals surface area contributed by atoms with Crippen LogP contribution >= 0.6 is 11.3 Å². The summed E-state index contributed by atoms with van der Waals surface area (Å²) in [5, 5.41) is 6.22. The predicted molar refractivity (Wildman–Crippen MR) is 130 cm³/mol. The number of ether oxygens (including phenoxy) is 1. The van der Waals surface area contributed by atoms with E-state index < -0.39 is 17.5 Å². The Morgan fingerprint density at radius 1 is 1.12 bits per heavy atom. The average Bonchev–Trinajstić information content (AvgIpc) is 3.45. The molecule has 0 spiro atoms.